The van der Waals surface area contributed by atoms with E-state index >= 15 is 0 Å². The van der Waals surface area contributed by atoms with Gasteiger partial charge >= 0.3 is 6.18 Å². The van der Waals surface area contributed by atoms with Gasteiger partial charge in [-0.25, -0.2) is 0 Å². The highest BCUT2D eigenvalue weighted by atomic mass is 19.4. The number of hydrogen-bond donors (Lipinski definition) is 3. The zero-order valence-corrected chi connectivity index (χ0v) is 9.79. The summed E-state index contributed by atoms with van der Waals surface area (Å²) in [6.45, 7) is -0.394. The van der Waals surface area contributed by atoms with Gasteiger partial charge in [-0.2, -0.15) is 13.2 Å². The minimum absolute atomic E-state index is 0.0215. The van der Waals surface area contributed by atoms with E-state index in [1.54, 1.807) is 0 Å². The van der Waals surface area contributed by atoms with Crippen molar-refractivity contribution in [2.45, 2.75) is 12.3 Å². The molecule has 2 unspecified atom stereocenters. The molecule has 2 atom stereocenters. The highest BCUT2D eigenvalue weighted by molar-refractivity contribution is 5.80. The Labute approximate surface area is 97.8 Å². The third-order valence-corrected chi connectivity index (χ3v) is 2.15. The van der Waals surface area contributed by atoms with Gasteiger partial charge in [0.05, 0.1) is 12.7 Å². The second-order valence-corrected chi connectivity index (χ2v) is 3.88. The highest BCUT2D eigenvalue weighted by Gasteiger charge is 2.42. The van der Waals surface area contributed by atoms with Crippen molar-refractivity contribution in [3.8, 4) is 0 Å². The summed E-state index contributed by atoms with van der Waals surface area (Å²) in [7, 11) is 2.80. The zero-order chi connectivity index (χ0) is 13.6. The zero-order valence-electron chi connectivity index (χ0n) is 9.79. The van der Waals surface area contributed by atoms with Crippen molar-refractivity contribution in [2.75, 3.05) is 33.9 Å². The fourth-order valence-electron chi connectivity index (χ4n) is 1.37. The first-order chi connectivity index (χ1) is 7.68. The van der Waals surface area contributed by atoms with Gasteiger partial charge in [0.15, 0.2) is 0 Å². The SMILES string of the molecule is COCC(O)CN(C)CC(C(=N)N)C(F)(F)F. The highest BCUT2D eigenvalue weighted by Crippen LogP contribution is 2.26. The predicted octanol–water partition coefficient (Wildman–Crippen LogP) is 0.0400. The number of ether oxygens (including phenoxy) is 1. The molecule has 5 nitrogen and oxygen atoms in total. The number of nitrogens with one attached hydrogen (secondary N) is 1. The number of likely N-dealkylation sites (N-methyl/N-ethyl adjacent to an activating group) is 1. The van der Waals surface area contributed by atoms with Crippen LogP contribution in [0.5, 0.6) is 0 Å². The molecular formula is C9H18F3N3O2. The molecule has 0 radical (unpaired) electrons. The maximum Gasteiger partial charge on any atom is 0.399 e. The molecule has 0 saturated heterocycles. The number of nitrogens with two attached hydrogens (primary N) is 1. The fraction of sp³-hybridized carbons (Fsp3) is 0.889. The van der Waals surface area contributed by atoms with Crippen LogP contribution in [0.2, 0.25) is 0 Å². The molecule has 4 N–H and O–H groups in total. The number of halogens is 3. The summed E-state index contributed by atoms with van der Waals surface area (Å²) in [6, 6.07) is 0. The fourth-order valence-corrected chi connectivity index (χ4v) is 1.37. The molecule has 0 aromatic heterocycles. The maximum absolute atomic E-state index is 12.5. The van der Waals surface area contributed by atoms with Crippen molar-refractivity contribution in [3.05, 3.63) is 0 Å². The molecule has 0 aliphatic carbocycles. The van der Waals surface area contributed by atoms with E-state index in [1.807, 2.05) is 0 Å². The van der Waals surface area contributed by atoms with Crippen molar-refractivity contribution in [3.63, 3.8) is 0 Å². The van der Waals surface area contributed by atoms with Crippen molar-refractivity contribution in [1.82, 2.24) is 4.90 Å². The van der Waals surface area contributed by atoms with E-state index in [1.165, 1.54) is 19.1 Å². The summed E-state index contributed by atoms with van der Waals surface area (Å²) in [5.41, 5.74) is 4.91. The topological polar surface area (TPSA) is 82.6 Å². The van der Waals surface area contributed by atoms with Gasteiger partial charge in [0.2, 0.25) is 0 Å². The molecule has 0 aromatic carbocycles. The first-order valence-corrected chi connectivity index (χ1v) is 4.94. The predicted molar refractivity (Wildman–Crippen MR) is 56.8 cm³/mol. The van der Waals surface area contributed by atoms with E-state index in [9.17, 15) is 18.3 Å². The van der Waals surface area contributed by atoms with E-state index in [0.717, 1.165) is 0 Å². The Morgan fingerprint density at radius 2 is 2.00 bits per heavy atom. The minimum atomic E-state index is -4.55. The van der Waals surface area contributed by atoms with E-state index in [4.69, 9.17) is 11.1 Å². The molecule has 17 heavy (non-hydrogen) atoms. The van der Waals surface area contributed by atoms with E-state index < -0.39 is 30.6 Å². The summed E-state index contributed by atoms with van der Waals surface area (Å²) >= 11 is 0. The molecule has 0 amide bonds. The molecule has 0 saturated carbocycles. The molecule has 0 aromatic rings. The molecule has 0 aliphatic rings. The third-order valence-electron chi connectivity index (χ3n) is 2.15. The van der Waals surface area contributed by atoms with E-state index in [2.05, 4.69) is 4.74 Å². The Morgan fingerprint density at radius 1 is 1.47 bits per heavy atom. The van der Waals surface area contributed by atoms with E-state index in [-0.39, 0.29) is 13.2 Å². The average molecular weight is 257 g/mol. The van der Waals surface area contributed by atoms with Crippen LogP contribution in [0.3, 0.4) is 0 Å². The minimum Gasteiger partial charge on any atom is -0.389 e. The normalized spacial score (nSPS) is 15.9. The molecule has 8 heteroatoms. The number of nitrogens with zero attached hydrogens (tertiary/aromatic N) is 1. The summed E-state index contributed by atoms with van der Waals surface area (Å²) < 4.78 is 42.1. The summed E-state index contributed by atoms with van der Waals surface area (Å²) in [4.78, 5) is 1.27. The third kappa shape index (κ3) is 6.44. The van der Waals surface area contributed by atoms with E-state index in [0.29, 0.717) is 0 Å². The van der Waals surface area contributed by atoms with Gasteiger partial charge in [-0.3, -0.25) is 5.41 Å². The van der Waals surface area contributed by atoms with Crippen LogP contribution in [0.1, 0.15) is 0 Å². The Bertz CT molecular complexity index is 248. The maximum atomic E-state index is 12.5. The van der Waals surface area contributed by atoms with Gasteiger partial charge < -0.3 is 20.5 Å². The summed E-state index contributed by atoms with van der Waals surface area (Å²) in [5, 5.41) is 16.2. The van der Waals surface area contributed by atoms with Crippen molar-refractivity contribution >= 4 is 5.84 Å². The Hall–Kier alpha value is -0.860. The molecule has 0 fully saturated rings. The Morgan fingerprint density at radius 3 is 2.35 bits per heavy atom. The first kappa shape index (κ1) is 16.1. The number of aliphatic hydroxyl groups is 1. The number of hydrogen-bond acceptors (Lipinski definition) is 4. The lowest BCUT2D eigenvalue weighted by molar-refractivity contribution is -0.160. The number of alkyl halides is 3. The van der Waals surface area contributed by atoms with Gasteiger partial charge in [-0.1, -0.05) is 0 Å². The Balaban J connectivity index is 4.32. The number of aliphatic hydroxyl groups excluding tert-OH is 1. The van der Waals surface area contributed by atoms with Crippen LogP contribution in [-0.2, 0) is 4.74 Å². The van der Waals surface area contributed by atoms with Gasteiger partial charge in [-0.05, 0) is 7.05 Å². The number of rotatable bonds is 7. The van der Waals surface area contributed by atoms with Crippen LogP contribution in [-0.4, -0.2) is 62.0 Å². The first-order valence-electron chi connectivity index (χ1n) is 4.94. The van der Waals surface area contributed by atoms with Crippen LogP contribution in [0.4, 0.5) is 13.2 Å². The van der Waals surface area contributed by atoms with Crippen LogP contribution in [0.25, 0.3) is 0 Å². The van der Waals surface area contributed by atoms with Gasteiger partial charge in [0.1, 0.15) is 11.8 Å². The second-order valence-electron chi connectivity index (χ2n) is 3.88. The molecule has 0 rings (SSSR count). The average Bonchev–Trinajstić information content (AvgIpc) is 2.12. The van der Waals surface area contributed by atoms with Crippen molar-refractivity contribution < 1.29 is 23.0 Å². The van der Waals surface area contributed by atoms with Crippen LogP contribution in [0.15, 0.2) is 0 Å². The van der Waals surface area contributed by atoms with Crippen LogP contribution >= 0.6 is 0 Å². The molecule has 0 aliphatic heterocycles. The standard InChI is InChI=1S/C9H18F3N3O2/c1-15(3-6(16)5-17-2)4-7(8(13)14)9(10,11)12/h6-7,16H,3-5H2,1-2H3,(H3,13,14). The largest absolute Gasteiger partial charge is 0.399 e. The van der Waals surface area contributed by atoms with Gasteiger partial charge in [0.25, 0.3) is 0 Å². The van der Waals surface area contributed by atoms with Gasteiger partial charge in [0, 0.05) is 20.2 Å². The molecule has 0 heterocycles. The van der Waals surface area contributed by atoms with Crippen LogP contribution in [0, 0.1) is 11.3 Å². The summed E-state index contributed by atoms with van der Waals surface area (Å²) in [5.74, 6) is -2.94. The van der Waals surface area contributed by atoms with Gasteiger partial charge in [-0.15, -0.1) is 0 Å². The Kier molecular flexibility index (Phi) is 6.43. The second kappa shape index (κ2) is 6.77. The smallest absolute Gasteiger partial charge is 0.389 e. The van der Waals surface area contributed by atoms with Crippen molar-refractivity contribution in [1.29, 1.82) is 5.41 Å². The quantitative estimate of drug-likeness (QED) is 0.444. The molecule has 0 spiro atoms. The number of amidine groups is 1. The van der Waals surface area contributed by atoms with Crippen LogP contribution < -0.4 is 5.73 Å². The summed E-state index contributed by atoms with van der Waals surface area (Å²) in [6.07, 6.45) is -5.42. The molecular weight excluding hydrogens is 239 g/mol. The monoisotopic (exact) mass is 257 g/mol. The molecule has 0 bridgehead atoms. The van der Waals surface area contributed by atoms with Crippen molar-refractivity contribution in [2.24, 2.45) is 11.7 Å². The lowest BCUT2D eigenvalue weighted by Gasteiger charge is -2.26. The lowest BCUT2D eigenvalue weighted by Crippen LogP contribution is -2.45. The molecule has 102 valence electrons. The number of methoxy groups -OCH3 is 1. The lowest BCUT2D eigenvalue weighted by atomic mass is 10.1.